The summed E-state index contributed by atoms with van der Waals surface area (Å²) >= 11 is 6.30. The van der Waals surface area contributed by atoms with Crippen molar-refractivity contribution in [2.75, 3.05) is 11.6 Å². The molecular weight excluding hydrogens is 482 g/mol. The number of aromatic nitrogens is 1. The molecular formula is C25H17ClF2N2O3S. The van der Waals surface area contributed by atoms with Crippen LogP contribution in [-0.2, 0) is 9.84 Å². The van der Waals surface area contributed by atoms with Gasteiger partial charge < -0.3 is 5.32 Å². The summed E-state index contributed by atoms with van der Waals surface area (Å²) < 4.78 is 52.2. The number of hydrogen-bond donors (Lipinski definition) is 1. The zero-order valence-corrected chi connectivity index (χ0v) is 19.3. The Labute approximate surface area is 200 Å². The van der Waals surface area contributed by atoms with E-state index in [2.05, 4.69) is 10.3 Å². The summed E-state index contributed by atoms with van der Waals surface area (Å²) in [5, 5.41) is 3.16. The van der Waals surface area contributed by atoms with E-state index in [1.54, 1.807) is 42.6 Å². The zero-order valence-electron chi connectivity index (χ0n) is 17.7. The molecule has 0 aliphatic carbocycles. The first-order valence-electron chi connectivity index (χ1n) is 9.95. The van der Waals surface area contributed by atoms with Crippen molar-refractivity contribution in [3.63, 3.8) is 0 Å². The van der Waals surface area contributed by atoms with E-state index < -0.39 is 27.4 Å². The summed E-state index contributed by atoms with van der Waals surface area (Å²) in [5.74, 6) is -2.34. The highest BCUT2D eigenvalue weighted by Gasteiger charge is 2.20. The van der Waals surface area contributed by atoms with E-state index in [-0.39, 0.29) is 21.6 Å². The molecule has 4 aromatic rings. The number of carbonyl (C=O) groups is 1. The number of nitrogens with zero attached hydrogens (tertiary/aromatic N) is 1. The van der Waals surface area contributed by atoms with Gasteiger partial charge in [-0.1, -0.05) is 17.7 Å². The first-order valence-corrected chi connectivity index (χ1v) is 12.2. The molecule has 0 saturated carbocycles. The van der Waals surface area contributed by atoms with E-state index in [1.807, 2.05) is 0 Å². The van der Waals surface area contributed by atoms with Gasteiger partial charge in [0.25, 0.3) is 5.91 Å². The standard InChI is InChI=1S/C25H17ClF2N2O3S/c1-34(32,33)17-7-9-19(20(14-17)18-8-5-15(27)12-23(18)28)25(31)30-16-6-10-22(26)21(13-16)24-4-2-3-11-29-24/h2-14H,1H3,(H,30,31). The summed E-state index contributed by atoms with van der Waals surface area (Å²) in [6.07, 6.45) is 2.61. The van der Waals surface area contributed by atoms with Gasteiger partial charge in [-0.3, -0.25) is 9.78 Å². The molecule has 0 atom stereocenters. The van der Waals surface area contributed by atoms with Crippen molar-refractivity contribution in [1.82, 2.24) is 4.98 Å². The zero-order chi connectivity index (χ0) is 24.5. The van der Waals surface area contributed by atoms with Crippen molar-refractivity contribution >= 4 is 33.0 Å². The summed E-state index contributed by atoms with van der Waals surface area (Å²) in [6, 6.07) is 16.8. The van der Waals surface area contributed by atoms with Crippen LogP contribution in [0.4, 0.5) is 14.5 Å². The maximum Gasteiger partial charge on any atom is 0.256 e. The van der Waals surface area contributed by atoms with Crippen LogP contribution in [0.25, 0.3) is 22.4 Å². The fourth-order valence-corrected chi connectivity index (χ4v) is 4.26. The second-order valence-electron chi connectivity index (χ2n) is 7.47. The number of carbonyl (C=O) groups excluding carboxylic acids is 1. The molecule has 0 saturated heterocycles. The molecule has 1 aromatic heterocycles. The van der Waals surface area contributed by atoms with E-state index in [0.29, 0.717) is 28.0 Å². The third kappa shape index (κ3) is 4.98. The number of hydrogen-bond acceptors (Lipinski definition) is 4. The smallest absolute Gasteiger partial charge is 0.256 e. The fraction of sp³-hybridized carbons (Fsp3) is 0.0400. The van der Waals surface area contributed by atoms with Gasteiger partial charge >= 0.3 is 0 Å². The van der Waals surface area contributed by atoms with Gasteiger partial charge in [0.05, 0.1) is 15.6 Å². The van der Waals surface area contributed by atoms with Crippen LogP contribution in [0.2, 0.25) is 5.02 Å². The van der Waals surface area contributed by atoms with Crippen LogP contribution in [0.5, 0.6) is 0 Å². The molecule has 1 heterocycles. The van der Waals surface area contributed by atoms with E-state index >= 15 is 0 Å². The Hall–Kier alpha value is -3.62. The molecule has 0 bridgehead atoms. The Balaban J connectivity index is 1.77. The van der Waals surface area contributed by atoms with Crippen molar-refractivity contribution < 1.29 is 22.0 Å². The minimum atomic E-state index is -3.65. The molecule has 0 spiro atoms. The summed E-state index contributed by atoms with van der Waals surface area (Å²) in [4.78, 5) is 17.3. The quantitative estimate of drug-likeness (QED) is 0.366. The Kier molecular flexibility index (Phi) is 6.45. The highest BCUT2D eigenvalue weighted by atomic mass is 35.5. The molecule has 0 aliphatic heterocycles. The van der Waals surface area contributed by atoms with Crippen LogP contribution in [0, 0.1) is 11.6 Å². The predicted molar refractivity (Wildman–Crippen MR) is 128 cm³/mol. The number of amides is 1. The van der Waals surface area contributed by atoms with Gasteiger partial charge in [-0.05, 0) is 66.2 Å². The first kappa shape index (κ1) is 23.5. The van der Waals surface area contributed by atoms with Crippen LogP contribution < -0.4 is 5.32 Å². The average Bonchev–Trinajstić information content (AvgIpc) is 2.80. The molecule has 3 aromatic carbocycles. The van der Waals surface area contributed by atoms with Crippen LogP contribution in [0.3, 0.4) is 0 Å². The van der Waals surface area contributed by atoms with Gasteiger partial charge in [-0.15, -0.1) is 0 Å². The van der Waals surface area contributed by atoms with Crippen molar-refractivity contribution in [1.29, 1.82) is 0 Å². The Morgan fingerprint density at radius 2 is 1.71 bits per heavy atom. The molecule has 34 heavy (non-hydrogen) atoms. The molecule has 0 radical (unpaired) electrons. The van der Waals surface area contributed by atoms with E-state index in [4.69, 9.17) is 11.6 Å². The monoisotopic (exact) mass is 498 g/mol. The van der Waals surface area contributed by atoms with Crippen LogP contribution >= 0.6 is 11.6 Å². The summed E-state index contributed by atoms with van der Waals surface area (Å²) in [7, 11) is -3.65. The maximum absolute atomic E-state index is 14.6. The lowest BCUT2D eigenvalue weighted by atomic mass is 9.98. The van der Waals surface area contributed by atoms with Gasteiger partial charge in [-0.2, -0.15) is 0 Å². The fourth-order valence-electron chi connectivity index (χ4n) is 3.40. The van der Waals surface area contributed by atoms with E-state index in [1.165, 1.54) is 18.2 Å². The van der Waals surface area contributed by atoms with Crippen molar-refractivity contribution in [2.45, 2.75) is 4.90 Å². The SMILES string of the molecule is CS(=O)(=O)c1ccc(C(=O)Nc2ccc(Cl)c(-c3ccccn3)c2)c(-c2ccc(F)cc2F)c1. The normalized spacial score (nSPS) is 11.3. The van der Waals surface area contributed by atoms with Crippen molar-refractivity contribution in [3.05, 3.63) is 101 Å². The molecule has 9 heteroatoms. The molecule has 4 rings (SSSR count). The average molecular weight is 499 g/mol. The lowest BCUT2D eigenvalue weighted by Crippen LogP contribution is -2.14. The molecule has 1 N–H and O–H groups in total. The molecule has 172 valence electrons. The number of rotatable bonds is 5. The van der Waals surface area contributed by atoms with Crippen LogP contribution in [-0.4, -0.2) is 25.6 Å². The Morgan fingerprint density at radius 3 is 2.38 bits per heavy atom. The van der Waals surface area contributed by atoms with E-state index in [9.17, 15) is 22.0 Å². The van der Waals surface area contributed by atoms with Gasteiger partial charge in [0, 0.05) is 40.9 Å². The van der Waals surface area contributed by atoms with Crippen LogP contribution in [0.15, 0.2) is 83.9 Å². The third-order valence-electron chi connectivity index (χ3n) is 5.05. The largest absolute Gasteiger partial charge is 0.322 e. The number of nitrogens with one attached hydrogen (secondary N) is 1. The Morgan fingerprint density at radius 1 is 0.912 bits per heavy atom. The first-order chi connectivity index (χ1) is 16.1. The molecule has 0 aliphatic rings. The lowest BCUT2D eigenvalue weighted by Gasteiger charge is -2.14. The van der Waals surface area contributed by atoms with Crippen molar-refractivity contribution in [2.24, 2.45) is 0 Å². The molecule has 0 unspecified atom stereocenters. The third-order valence-corrected chi connectivity index (χ3v) is 6.49. The lowest BCUT2D eigenvalue weighted by molar-refractivity contribution is 0.102. The molecule has 0 fully saturated rings. The summed E-state index contributed by atoms with van der Waals surface area (Å²) in [6.45, 7) is 0. The summed E-state index contributed by atoms with van der Waals surface area (Å²) in [5.41, 5.74) is 1.51. The van der Waals surface area contributed by atoms with Gasteiger partial charge in [-0.25, -0.2) is 17.2 Å². The molecule has 5 nitrogen and oxygen atoms in total. The number of benzene rings is 3. The highest BCUT2D eigenvalue weighted by molar-refractivity contribution is 7.90. The maximum atomic E-state index is 14.6. The minimum absolute atomic E-state index is 0.00671. The number of halogens is 3. The van der Waals surface area contributed by atoms with Crippen LogP contribution in [0.1, 0.15) is 10.4 Å². The minimum Gasteiger partial charge on any atom is -0.322 e. The highest BCUT2D eigenvalue weighted by Crippen LogP contribution is 2.32. The number of sulfone groups is 1. The second kappa shape index (κ2) is 9.32. The number of anilines is 1. The Bertz CT molecular complexity index is 1510. The molecule has 1 amide bonds. The topological polar surface area (TPSA) is 76.1 Å². The predicted octanol–water partition coefficient (Wildman–Crippen LogP) is 6.00. The van der Waals surface area contributed by atoms with Gasteiger partial charge in [0.2, 0.25) is 0 Å². The number of pyridine rings is 1. The second-order valence-corrected chi connectivity index (χ2v) is 9.89. The van der Waals surface area contributed by atoms with Gasteiger partial charge in [0.15, 0.2) is 9.84 Å². The van der Waals surface area contributed by atoms with Gasteiger partial charge in [0.1, 0.15) is 11.6 Å². The van der Waals surface area contributed by atoms with E-state index in [0.717, 1.165) is 18.4 Å². The van der Waals surface area contributed by atoms with Crippen molar-refractivity contribution in [3.8, 4) is 22.4 Å².